The van der Waals surface area contributed by atoms with E-state index in [1.165, 1.54) is 17.3 Å². The quantitative estimate of drug-likeness (QED) is 0.450. The number of aryl methyl sites for hydroxylation is 1. The second kappa shape index (κ2) is 10.8. The number of aromatic nitrogens is 5. The van der Waals surface area contributed by atoms with Crippen molar-refractivity contribution in [3.63, 3.8) is 0 Å². The SMILES string of the molecule is CCNc1nc(NCC)n2c(SCC(=O)N(C)CCCc3ccccc3)nnc2n1. The zero-order valence-electron chi connectivity index (χ0n) is 17.6. The maximum Gasteiger partial charge on any atom is 0.261 e. The third kappa shape index (κ3) is 5.59. The lowest BCUT2D eigenvalue weighted by atomic mass is 10.1. The van der Waals surface area contributed by atoms with Gasteiger partial charge in [0.2, 0.25) is 17.8 Å². The van der Waals surface area contributed by atoms with Crippen molar-refractivity contribution in [1.82, 2.24) is 29.5 Å². The van der Waals surface area contributed by atoms with Crippen molar-refractivity contribution < 1.29 is 4.79 Å². The molecule has 10 heteroatoms. The molecule has 0 fully saturated rings. The smallest absolute Gasteiger partial charge is 0.261 e. The molecule has 9 nitrogen and oxygen atoms in total. The Morgan fingerprint density at radius 2 is 1.87 bits per heavy atom. The summed E-state index contributed by atoms with van der Waals surface area (Å²) < 4.78 is 1.75. The van der Waals surface area contributed by atoms with E-state index in [1.807, 2.05) is 39.1 Å². The molecule has 2 heterocycles. The topological polar surface area (TPSA) is 100 Å². The highest BCUT2D eigenvalue weighted by molar-refractivity contribution is 7.99. The molecule has 3 rings (SSSR count). The lowest BCUT2D eigenvalue weighted by Crippen LogP contribution is -2.29. The Balaban J connectivity index is 1.59. The fourth-order valence-corrected chi connectivity index (χ4v) is 3.79. The summed E-state index contributed by atoms with van der Waals surface area (Å²) in [6.45, 7) is 6.10. The summed E-state index contributed by atoms with van der Waals surface area (Å²) in [6.07, 6.45) is 1.88. The maximum atomic E-state index is 12.6. The molecule has 0 spiro atoms. The number of amides is 1. The molecule has 0 saturated carbocycles. The van der Waals surface area contributed by atoms with Crippen LogP contribution in [-0.4, -0.2) is 67.8 Å². The molecular formula is C20H28N8OS. The molecular weight excluding hydrogens is 400 g/mol. The van der Waals surface area contributed by atoms with Crippen molar-refractivity contribution in [2.75, 3.05) is 43.1 Å². The van der Waals surface area contributed by atoms with E-state index in [2.05, 4.69) is 42.9 Å². The molecule has 0 radical (unpaired) electrons. The fourth-order valence-electron chi connectivity index (χ4n) is 2.92. The number of benzene rings is 1. The van der Waals surface area contributed by atoms with E-state index in [0.717, 1.165) is 12.8 Å². The van der Waals surface area contributed by atoms with Crippen LogP contribution in [0.25, 0.3) is 5.78 Å². The summed E-state index contributed by atoms with van der Waals surface area (Å²) in [6, 6.07) is 10.3. The van der Waals surface area contributed by atoms with Crippen molar-refractivity contribution in [1.29, 1.82) is 0 Å². The van der Waals surface area contributed by atoms with E-state index in [9.17, 15) is 4.79 Å². The Kier molecular flexibility index (Phi) is 7.83. The number of carbonyl (C=O) groups is 1. The third-order valence-corrected chi connectivity index (χ3v) is 5.38. The van der Waals surface area contributed by atoms with Gasteiger partial charge in [0, 0.05) is 26.7 Å². The lowest BCUT2D eigenvalue weighted by Gasteiger charge is -2.16. The van der Waals surface area contributed by atoms with Gasteiger partial charge >= 0.3 is 0 Å². The van der Waals surface area contributed by atoms with Gasteiger partial charge in [-0.2, -0.15) is 9.97 Å². The minimum atomic E-state index is 0.0556. The monoisotopic (exact) mass is 428 g/mol. The Labute approximate surface area is 180 Å². The van der Waals surface area contributed by atoms with Crippen molar-refractivity contribution in [3.8, 4) is 0 Å². The zero-order chi connectivity index (χ0) is 21.3. The maximum absolute atomic E-state index is 12.6. The Morgan fingerprint density at radius 3 is 2.60 bits per heavy atom. The van der Waals surface area contributed by atoms with E-state index >= 15 is 0 Å². The first kappa shape index (κ1) is 21.8. The second-order valence-electron chi connectivity index (χ2n) is 6.74. The van der Waals surface area contributed by atoms with Crippen LogP contribution in [-0.2, 0) is 11.2 Å². The number of carbonyl (C=O) groups excluding carboxylic acids is 1. The number of hydrogen-bond acceptors (Lipinski definition) is 8. The first-order valence-electron chi connectivity index (χ1n) is 10.1. The summed E-state index contributed by atoms with van der Waals surface area (Å²) >= 11 is 1.34. The van der Waals surface area contributed by atoms with E-state index in [4.69, 9.17) is 0 Å². The van der Waals surface area contributed by atoms with Crippen molar-refractivity contribution in [2.45, 2.75) is 31.8 Å². The molecule has 0 atom stereocenters. The predicted molar refractivity (Wildman–Crippen MR) is 120 cm³/mol. The minimum Gasteiger partial charge on any atom is -0.355 e. The molecule has 0 bridgehead atoms. The van der Waals surface area contributed by atoms with Gasteiger partial charge in [0.05, 0.1) is 5.75 Å². The molecule has 3 aromatic rings. The molecule has 1 amide bonds. The largest absolute Gasteiger partial charge is 0.355 e. The number of thioether (sulfide) groups is 1. The van der Waals surface area contributed by atoms with Gasteiger partial charge < -0.3 is 15.5 Å². The van der Waals surface area contributed by atoms with Gasteiger partial charge in [0.25, 0.3) is 5.78 Å². The first-order valence-corrected chi connectivity index (χ1v) is 11.1. The van der Waals surface area contributed by atoms with Crippen LogP contribution in [0.15, 0.2) is 35.5 Å². The van der Waals surface area contributed by atoms with Crippen molar-refractivity contribution in [3.05, 3.63) is 35.9 Å². The number of nitrogens with zero attached hydrogens (tertiary/aromatic N) is 6. The van der Waals surface area contributed by atoms with Crippen molar-refractivity contribution >= 4 is 35.3 Å². The van der Waals surface area contributed by atoms with Gasteiger partial charge in [-0.15, -0.1) is 10.2 Å². The molecule has 0 aliphatic rings. The van der Waals surface area contributed by atoms with E-state index in [1.54, 1.807) is 9.30 Å². The van der Waals surface area contributed by atoms with E-state index < -0.39 is 0 Å². The fraction of sp³-hybridized carbons (Fsp3) is 0.450. The summed E-state index contributed by atoms with van der Waals surface area (Å²) in [7, 11) is 1.84. The van der Waals surface area contributed by atoms with E-state index in [0.29, 0.717) is 42.5 Å². The highest BCUT2D eigenvalue weighted by atomic mass is 32.2. The predicted octanol–water partition coefficient (Wildman–Crippen LogP) is 2.57. The Hall–Kier alpha value is -2.88. The van der Waals surface area contributed by atoms with Crippen LogP contribution in [0, 0.1) is 0 Å². The molecule has 0 aliphatic heterocycles. The van der Waals surface area contributed by atoms with Crippen LogP contribution < -0.4 is 10.6 Å². The van der Waals surface area contributed by atoms with Gasteiger partial charge in [-0.05, 0) is 32.3 Å². The minimum absolute atomic E-state index is 0.0556. The van der Waals surface area contributed by atoms with Gasteiger partial charge in [-0.3, -0.25) is 4.79 Å². The van der Waals surface area contributed by atoms with Crippen LogP contribution in [0.3, 0.4) is 0 Å². The first-order chi connectivity index (χ1) is 14.6. The number of rotatable bonds is 11. The van der Waals surface area contributed by atoms with Crippen LogP contribution >= 0.6 is 11.8 Å². The Bertz CT molecular complexity index is 962. The van der Waals surface area contributed by atoms with Gasteiger partial charge in [0.1, 0.15) is 0 Å². The Morgan fingerprint density at radius 1 is 1.10 bits per heavy atom. The second-order valence-corrected chi connectivity index (χ2v) is 7.69. The van der Waals surface area contributed by atoms with Gasteiger partial charge in [-0.1, -0.05) is 42.1 Å². The number of nitrogens with one attached hydrogen (secondary N) is 2. The van der Waals surface area contributed by atoms with Gasteiger partial charge in [-0.25, -0.2) is 4.40 Å². The lowest BCUT2D eigenvalue weighted by molar-refractivity contribution is -0.127. The normalized spacial score (nSPS) is 10.9. The molecule has 2 N–H and O–H groups in total. The van der Waals surface area contributed by atoms with Crippen LogP contribution in [0.2, 0.25) is 0 Å². The zero-order valence-corrected chi connectivity index (χ0v) is 18.4. The average molecular weight is 429 g/mol. The number of fused-ring (bicyclic) bond motifs is 1. The molecule has 1 aromatic carbocycles. The summed E-state index contributed by atoms with van der Waals surface area (Å²) in [5, 5.41) is 15.3. The van der Waals surface area contributed by atoms with E-state index in [-0.39, 0.29) is 11.7 Å². The molecule has 0 unspecified atom stereocenters. The third-order valence-electron chi connectivity index (χ3n) is 4.47. The molecule has 0 aliphatic carbocycles. The van der Waals surface area contributed by atoms with Gasteiger partial charge in [0.15, 0.2) is 5.16 Å². The molecule has 2 aromatic heterocycles. The highest BCUT2D eigenvalue weighted by Gasteiger charge is 2.17. The average Bonchev–Trinajstić information content (AvgIpc) is 3.16. The molecule has 160 valence electrons. The number of hydrogen-bond donors (Lipinski definition) is 2. The van der Waals surface area contributed by atoms with Crippen LogP contribution in [0.4, 0.5) is 11.9 Å². The molecule has 30 heavy (non-hydrogen) atoms. The summed E-state index contributed by atoms with van der Waals surface area (Å²) in [4.78, 5) is 23.2. The summed E-state index contributed by atoms with van der Waals surface area (Å²) in [5.74, 6) is 1.89. The number of anilines is 2. The van der Waals surface area contributed by atoms with Crippen LogP contribution in [0.5, 0.6) is 0 Å². The standard InChI is InChI=1S/C20H28N8OS/c1-4-21-17-23-18(22-5-2)28-19(24-17)25-26-20(28)30-14-16(29)27(3)13-9-12-15-10-7-6-8-11-15/h6-8,10-11H,4-5,9,12-14H2,1-3H3,(H2,21,22,23,24,25). The molecule has 0 saturated heterocycles. The van der Waals surface area contributed by atoms with Crippen molar-refractivity contribution in [2.24, 2.45) is 0 Å². The summed E-state index contributed by atoms with van der Waals surface area (Å²) in [5.41, 5.74) is 1.29. The highest BCUT2D eigenvalue weighted by Crippen LogP contribution is 2.21. The van der Waals surface area contributed by atoms with Crippen LogP contribution in [0.1, 0.15) is 25.8 Å².